The van der Waals surface area contributed by atoms with E-state index in [-0.39, 0.29) is 0 Å². The molecule has 12 heavy (non-hydrogen) atoms. The summed E-state index contributed by atoms with van der Waals surface area (Å²) in [7, 11) is 0. The van der Waals surface area contributed by atoms with Gasteiger partial charge in [0.05, 0.1) is 5.69 Å². The van der Waals surface area contributed by atoms with E-state index >= 15 is 0 Å². The maximum absolute atomic E-state index is 5.39. The smallest absolute Gasteiger partial charge is 0.148 e. The van der Waals surface area contributed by atoms with E-state index < -0.39 is 0 Å². The molecule has 1 aliphatic carbocycles. The minimum absolute atomic E-state index is 0.455. The third-order valence-electron chi connectivity index (χ3n) is 1.86. The summed E-state index contributed by atoms with van der Waals surface area (Å²) in [6.45, 7) is 0.455. The highest BCUT2D eigenvalue weighted by atomic mass is 15.2. The molecular formula is C8H12N4. The molecule has 0 bridgehead atoms. The largest absolute Gasteiger partial charge is 0.366 e. The maximum atomic E-state index is 5.39. The minimum Gasteiger partial charge on any atom is -0.366 e. The van der Waals surface area contributed by atoms with Crippen molar-refractivity contribution in [1.82, 2.24) is 10.2 Å². The molecule has 4 nitrogen and oxygen atoms in total. The molecule has 3 N–H and O–H groups in total. The van der Waals surface area contributed by atoms with Gasteiger partial charge in [-0.05, 0) is 25.0 Å². The molecule has 0 radical (unpaired) electrons. The van der Waals surface area contributed by atoms with Crippen molar-refractivity contribution >= 4 is 5.82 Å². The second-order valence-electron chi connectivity index (χ2n) is 3.03. The molecule has 0 aliphatic heterocycles. The fourth-order valence-corrected chi connectivity index (χ4v) is 0.983. The zero-order valence-electron chi connectivity index (χ0n) is 6.83. The Hall–Kier alpha value is -1.16. The molecular weight excluding hydrogens is 152 g/mol. The molecule has 64 valence electrons. The van der Waals surface area contributed by atoms with Crippen LogP contribution in [0.4, 0.5) is 5.82 Å². The Kier molecular flexibility index (Phi) is 1.91. The van der Waals surface area contributed by atoms with Crippen molar-refractivity contribution in [2.75, 3.05) is 5.32 Å². The van der Waals surface area contributed by atoms with Crippen molar-refractivity contribution in [2.45, 2.75) is 25.4 Å². The van der Waals surface area contributed by atoms with Gasteiger partial charge in [-0.2, -0.15) is 5.10 Å². The lowest BCUT2D eigenvalue weighted by atomic mass is 10.4. The number of anilines is 1. The van der Waals surface area contributed by atoms with Crippen molar-refractivity contribution in [1.29, 1.82) is 0 Å². The average Bonchev–Trinajstić information content (AvgIpc) is 2.90. The Morgan fingerprint density at radius 2 is 2.25 bits per heavy atom. The van der Waals surface area contributed by atoms with E-state index in [2.05, 4.69) is 15.5 Å². The fraction of sp³-hybridized carbons (Fsp3) is 0.500. The van der Waals surface area contributed by atoms with E-state index in [4.69, 9.17) is 5.73 Å². The van der Waals surface area contributed by atoms with E-state index in [0.29, 0.717) is 12.6 Å². The summed E-state index contributed by atoms with van der Waals surface area (Å²) in [5, 5.41) is 11.2. The van der Waals surface area contributed by atoms with Crippen molar-refractivity contribution in [3.63, 3.8) is 0 Å². The third-order valence-corrected chi connectivity index (χ3v) is 1.86. The van der Waals surface area contributed by atoms with Crippen molar-refractivity contribution < 1.29 is 0 Å². The first-order valence-corrected chi connectivity index (χ1v) is 4.17. The van der Waals surface area contributed by atoms with Gasteiger partial charge in [-0.25, -0.2) is 0 Å². The van der Waals surface area contributed by atoms with Gasteiger partial charge in [0, 0.05) is 12.6 Å². The molecule has 0 saturated heterocycles. The average molecular weight is 164 g/mol. The van der Waals surface area contributed by atoms with Crippen LogP contribution in [0.25, 0.3) is 0 Å². The van der Waals surface area contributed by atoms with Gasteiger partial charge in [0.15, 0.2) is 0 Å². The van der Waals surface area contributed by atoms with Gasteiger partial charge < -0.3 is 11.1 Å². The number of nitrogens with two attached hydrogens (primary N) is 1. The van der Waals surface area contributed by atoms with Crippen molar-refractivity contribution in [3.05, 3.63) is 17.8 Å². The molecule has 0 amide bonds. The molecule has 1 fully saturated rings. The van der Waals surface area contributed by atoms with Crippen LogP contribution in [-0.4, -0.2) is 16.2 Å². The number of hydrogen-bond acceptors (Lipinski definition) is 4. The van der Waals surface area contributed by atoms with Gasteiger partial charge in [-0.15, -0.1) is 5.10 Å². The molecule has 1 saturated carbocycles. The summed E-state index contributed by atoms with van der Waals surface area (Å²) in [6, 6.07) is 4.45. The van der Waals surface area contributed by atoms with Gasteiger partial charge in [-0.1, -0.05) is 0 Å². The van der Waals surface area contributed by atoms with E-state index in [1.165, 1.54) is 12.8 Å². The lowest BCUT2D eigenvalue weighted by molar-refractivity contribution is 0.893. The predicted molar refractivity (Wildman–Crippen MR) is 46.6 cm³/mol. The van der Waals surface area contributed by atoms with E-state index in [1.54, 1.807) is 0 Å². The summed E-state index contributed by atoms with van der Waals surface area (Å²) in [5.74, 6) is 0.856. The summed E-state index contributed by atoms with van der Waals surface area (Å²) in [6.07, 6.45) is 2.50. The van der Waals surface area contributed by atoms with Gasteiger partial charge in [0.2, 0.25) is 0 Å². The minimum atomic E-state index is 0.455. The Balaban J connectivity index is 2.02. The highest BCUT2D eigenvalue weighted by molar-refractivity contribution is 5.35. The topological polar surface area (TPSA) is 63.8 Å². The summed E-state index contributed by atoms with van der Waals surface area (Å²) in [4.78, 5) is 0. The molecule has 0 aromatic carbocycles. The Labute approximate surface area is 71.2 Å². The molecule has 0 unspecified atom stereocenters. The number of aromatic nitrogens is 2. The fourth-order valence-electron chi connectivity index (χ4n) is 0.983. The zero-order chi connectivity index (χ0) is 8.39. The molecule has 4 heteroatoms. The van der Waals surface area contributed by atoms with Crippen LogP contribution in [0, 0.1) is 0 Å². The van der Waals surface area contributed by atoms with Crippen LogP contribution in [0.1, 0.15) is 18.5 Å². The predicted octanol–water partition coefficient (Wildman–Crippen LogP) is 0.510. The van der Waals surface area contributed by atoms with Crippen LogP contribution in [-0.2, 0) is 6.54 Å². The third kappa shape index (κ3) is 1.71. The lowest BCUT2D eigenvalue weighted by Gasteiger charge is -2.01. The molecule has 0 spiro atoms. The number of hydrogen-bond donors (Lipinski definition) is 2. The number of rotatable bonds is 3. The second kappa shape index (κ2) is 3.06. The van der Waals surface area contributed by atoms with Gasteiger partial charge >= 0.3 is 0 Å². The van der Waals surface area contributed by atoms with Crippen molar-refractivity contribution in [2.24, 2.45) is 5.73 Å². The second-order valence-corrected chi connectivity index (χ2v) is 3.03. The van der Waals surface area contributed by atoms with Crippen LogP contribution < -0.4 is 11.1 Å². The molecule has 1 aromatic rings. The molecule has 1 heterocycles. The monoisotopic (exact) mass is 164 g/mol. The van der Waals surface area contributed by atoms with Crippen LogP contribution >= 0.6 is 0 Å². The first kappa shape index (κ1) is 7.49. The zero-order valence-corrected chi connectivity index (χ0v) is 6.83. The Bertz CT molecular complexity index is 252. The van der Waals surface area contributed by atoms with Gasteiger partial charge in [0.1, 0.15) is 5.82 Å². The SMILES string of the molecule is NCc1ccc(NC2CC2)nn1. The standard InChI is InChI=1S/C8H12N4/c9-5-7-3-4-8(12-11-7)10-6-1-2-6/h3-4,6H,1-2,5,9H2,(H,10,12). The number of nitrogens with one attached hydrogen (secondary N) is 1. The van der Waals surface area contributed by atoms with Gasteiger partial charge in [-0.3, -0.25) is 0 Å². The van der Waals surface area contributed by atoms with E-state index in [9.17, 15) is 0 Å². The number of nitrogens with zero attached hydrogens (tertiary/aromatic N) is 2. The van der Waals surface area contributed by atoms with Crippen LogP contribution in [0.2, 0.25) is 0 Å². The van der Waals surface area contributed by atoms with Crippen LogP contribution in [0.15, 0.2) is 12.1 Å². The van der Waals surface area contributed by atoms with E-state index in [1.807, 2.05) is 12.1 Å². The Morgan fingerprint density at radius 1 is 1.42 bits per heavy atom. The highest BCUT2D eigenvalue weighted by Gasteiger charge is 2.21. The quantitative estimate of drug-likeness (QED) is 0.683. The first-order valence-electron chi connectivity index (χ1n) is 4.17. The van der Waals surface area contributed by atoms with Crippen LogP contribution in [0.5, 0.6) is 0 Å². The summed E-state index contributed by atoms with van der Waals surface area (Å²) in [5.41, 5.74) is 6.22. The maximum Gasteiger partial charge on any atom is 0.148 e. The lowest BCUT2D eigenvalue weighted by Crippen LogP contribution is -2.06. The van der Waals surface area contributed by atoms with Crippen molar-refractivity contribution in [3.8, 4) is 0 Å². The normalized spacial score (nSPS) is 16.1. The molecule has 2 rings (SSSR count). The molecule has 0 atom stereocenters. The van der Waals surface area contributed by atoms with Gasteiger partial charge in [0.25, 0.3) is 0 Å². The summed E-state index contributed by atoms with van der Waals surface area (Å²) >= 11 is 0. The van der Waals surface area contributed by atoms with Crippen LogP contribution in [0.3, 0.4) is 0 Å². The summed E-state index contributed by atoms with van der Waals surface area (Å²) < 4.78 is 0. The molecule has 1 aromatic heterocycles. The Morgan fingerprint density at radius 3 is 2.75 bits per heavy atom. The first-order chi connectivity index (χ1) is 5.88. The van der Waals surface area contributed by atoms with E-state index in [0.717, 1.165) is 11.5 Å². The molecule has 1 aliphatic rings. The highest BCUT2D eigenvalue weighted by Crippen LogP contribution is 2.23.